The van der Waals surface area contributed by atoms with Gasteiger partial charge in [0.25, 0.3) is 0 Å². The van der Waals surface area contributed by atoms with Gasteiger partial charge in [-0.15, -0.1) is 0 Å². The number of esters is 1. The van der Waals surface area contributed by atoms with E-state index in [0.29, 0.717) is 6.42 Å². The van der Waals surface area contributed by atoms with Crippen LogP contribution in [0.5, 0.6) is 0 Å². The fraction of sp³-hybridized carbons (Fsp3) is 0.550. The average Bonchev–Trinajstić information content (AvgIpc) is 2.56. The zero-order valence-electron chi connectivity index (χ0n) is 16.2. The number of benzene rings is 1. The van der Waals surface area contributed by atoms with Crippen LogP contribution in [0.3, 0.4) is 0 Å². The van der Waals surface area contributed by atoms with Crippen LogP contribution in [0.1, 0.15) is 53.0 Å². The lowest BCUT2D eigenvalue weighted by atomic mass is 9.94. The lowest BCUT2D eigenvalue weighted by Crippen LogP contribution is -2.47. The van der Waals surface area contributed by atoms with Gasteiger partial charge in [0.05, 0.1) is 6.04 Å². The van der Waals surface area contributed by atoms with Crippen LogP contribution in [0, 0.1) is 5.92 Å². The zero-order valence-corrected chi connectivity index (χ0v) is 16.2. The van der Waals surface area contributed by atoms with E-state index in [0.717, 1.165) is 5.56 Å². The van der Waals surface area contributed by atoms with Crippen LogP contribution >= 0.6 is 0 Å². The molecule has 144 valence electrons. The highest BCUT2D eigenvalue weighted by molar-refractivity contribution is 5.99. The largest absolute Gasteiger partial charge is 0.460 e. The first-order valence-corrected chi connectivity index (χ1v) is 8.84. The Morgan fingerprint density at radius 1 is 1.12 bits per heavy atom. The van der Waals surface area contributed by atoms with Crippen molar-refractivity contribution in [3.8, 4) is 0 Å². The third-order valence-corrected chi connectivity index (χ3v) is 3.79. The van der Waals surface area contributed by atoms with Crippen LogP contribution < -0.4 is 5.32 Å². The molecule has 1 aromatic carbocycles. The van der Waals surface area contributed by atoms with Crippen LogP contribution in [0.4, 0.5) is 4.79 Å². The summed E-state index contributed by atoms with van der Waals surface area (Å²) in [6, 6.07) is 8.44. The predicted octanol–water partition coefficient (Wildman–Crippen LogP) is 3.63. The van der Waals surface area contributed by atoms with Gasteiger partial charge in [0, 0.05) is 0 Å². The smallest absolute Gasteiger partial charge is 0.408 e. The summed E-state index contributed by atoms with van der Waals surface area (Å²) in [5.74, 6) is -1.13. The van der Waals surface area contributed by atoms with Crippen LogP contribution in [-0.2, 0) is 25.7 Å². The maximum Gasteiger partial charge on any atom is 0.408 e. The lowest BCUT2D eigenvalue weighted by Gasteiger charge is -2.26. The molecule has 1 unspecified atom stereocenters. The minimum Gasteiger partial charge on any atom is -0.460 e. The summed E-state index contributed by atoms with van der Waals surface area (Å²) in [7, 11) is 0. The number of ether oxygens (including phenoxy) is 2. The molecule has 2 atom stereocenters. The van der Waals surface area contributed by atoms with Gasteiger partial charge >= 0.3 is 12.1 Å². The van der Waals surface area contributed by atoms with Crippen molar-refractivity contribution in [3.63, 3.8) is 0 Å². The van der Waals surface area contributed by atoms with Crippen molar-refractivity contribution in [1.29, 1.82) is 0 Å². The number of ketones is 1. The summed E-state index contributed by atoms with van der Waals surface area (Å²) in [6.45, 7) is 9.10. The molecule has 1 N–H and O–H groups in total. The maximum atomic E-state index is 12.5. The summed E-state index contributed by atoms with van der Waals surface area (Å²) in [5.41, 5.74) is 0.181. The van der Waals surface area contributed by atoms with E-state index in [1.165, 1.54) is 0 Å². The van der Waals surface area contributed by atoms with Gasteiger partial charge in [0.1, 0.15) is 18.6 Å². The number of amides is 1. The molecular formula is C20H29NO5. The standard InChI is InChI=1S/C20H29NO5/c1-6-14(2)18(21-19(24)26-20(3,4)5)16(22)12-17(23)25-13-15-10-8-7-9-11-15/h7-11,14,18H,6,12-13H2,1-5H3,(H,21,24)/t14?,18-/m0/s1. The summed E-state index contributed by atoms with van der Waals surface area (Å²) >= 11 is 0. The summed E-state index contributed by atoms with van der Waals surface area (Å²) in [4.78, 5) is 36.5. The Hall–Kier alpha value is -2.37. The van der Waals surface area contributed by atoms with Gasteiger partial charge in [-0.2, -0.15) is 0 Å². The third-order valence-electron chi connectivity index (χ3n) is 3.79. The molecule has 0 bridgehead atoms. The molecule has 0 spiro atoms. The minimum atomic E-state index is -0.792. The van der Waals surface area contributed by atoms with E-state index in [4.69, 9.17) is 9.47 Å². The van der Waals surface area contributed by atoms with Crippen molar-refractivity contribution in [3.05, 3.63) is 35.9 Å². The molecule has 6 nitrogen and oxygen atoms in total. The highest BCUT2D eigenvalue weighted by Gasteiger charge is 2.29. The van der Waals surface area contributed by atoms with Gasteiger partial charge in [-0.05, 0) is 32.3 Å². The first-order valence-electron chi connectivity index (χ1n) is 8.84. The van der Waals surface area contributed by atoms with Crippen molar-refractivity contribution >= 4 is 17.8 Å². The van der Waals surface area contributed by atoms with Gasteiger partial charge in [-0.25, -0.2) is 4.79 Å². The Labute approximate surface area is 155 Å². The molecule has 0 fully saturated rings. The average molecular weight is 363 g/mol. The van der Waals surface area contributed by atoms with Crippen molar-refractivity contribution in [2.45, 2.75) is 65.7 Å². The van der Waals surface area contributed by atoms with Gasteiger partial charge in [0.2, 0.25) is 0 Å². The Morgan fingerprint density at radius 3 is 2.27 bits per heavy atom. The van der Waals surface area contributed by atoms with E-state index in [9.17, 15) is 14.4 Å². The molecule has 0 aliphatic rings. The van der Waals surface area contributed by atoms with E-state index in [2.05, 4.69) is 5.32 Å². The molecule has 0 saturated carbocycles. The minimum absolute atomic E-state index is 0.112. The Kier molecular flexibility index (Phi) is 8.29. The van der Waals surface area contributed by atoms with Crippen LogP contribution in [0.25, 0.3) is 0 Å². The highest BCUT2D eigenvalue weighted by atomic mass is 16.6. The summed E-state index contributed by atoms with van der Waals surface area (Å²) in [5, 5.41) is 2.58. The topological polar surface area (TPSA) is 81.7 Å². The van der Waals surface area contributed by atoms with Gasteiger partial charge in [0.15, 0.2) is 5.78 Å². The van der Waals surface area contributed by atoms with E-state index < -0.39 is 30.1 Å². The molecule has 1 amide bonds. The molecule has 0 aliphatic carbocycles. The van der Waals surface area contributed by atoms with Gasteiger partial charge in [-0.3, -0.25) is 9.59 Å². The molecule has 0 aromatic heterocycles. The van der Waals surface area contributed by atoms with Gasteiger partial charge < -0.3 is 14.8 Å². The number of Topliss-reactive ketones (excluding diaryl/α,β-unsaturated/α-hetero) is 1. The fourth-order valence-corrected chi connectivity index (χ4v) is 2.25. The second-order valence-electron chi connectivity index (χ2n) is 7.30. The lowest BCUT2D eigenvalue weighted by molar-refractivity contribution is -0.147. The Bertz CT molecular complexity index is 606. The first-order chi connectivity index (χ1) is 12.1. The number of carbonyl (C=O) groups excluding carboxylic acids is 3. The number of nitrogens with one attached hydrogen (secondary N) is 1. The molecule has 6 heteroatoms. The third kappa shape index (κ3) is 8.14. The van der Waals surface area contributed by atoms with Crippen molar-refractivity contribution in [1.82, 2.24) is 5.32 Å². The molecule has 0 saturated heterocycles. The number of alkyl carbamates (subject to hydrolysis) is 1. The molecule has 0 radical (unpaired) electrons. The number of carbonyl (C=O) groups is 3. The fourth-order valence-electron chi connectivity index (χ4n) is 2.25. The summed E-state index contributed by atoms with van der Waals surface area (Å²) in [6.07, 6.45) is -0.392. The highest BCUT2D eigenvalue weighted by Crippen LogP contribution is 2.13. The molecular weight excluding hydrogens is 334 g/mol. The van der Waals surface area contributed by atoms with Crippen molar-refractivity contribution < 1.29 is 23.9 Å². The van der Waals surface area contributed by atoms with E-state index in [1.807, 2.05) is 44.2 Å². The SMILES string of the molecule is CCC(C)[C@H](NC(=O)OC(C)(C)C)C(=O)CC(=O)OCc1ccccc1. The number of rotatable bonds is 8. The van der Waals surface area contributed by atoms with Crippen molar-refractivity contribution in [2.24, 2.45) is 5.92 Å². The normalized spacial score (nSPS) is 13.4. The molecule has 0 heterocycles. The Balaban J connectivity index is 2.61. The van der Waals surface area contributed by atoms with E-state index in [-0.39, 0.29) is 18.3 Å². The van der Waals surface area contributed by atoms with Crippen LogP contribution in [0.2, 0.25) is 0 Å². The monoisotopic (exact) mass is 363 g/mol. The predicted molar refractivity (Wildman–Crippen MR) is 98.5 cm³/mol. The summed E-state index contributed by atoms with van der Waals surface area (Å²) < 4.78 is 10.3. The Morgan fingerprint density at radius 2 is 1.73 bits per heavy atom. The van der Waals surface area contributed by atoms with E-state index >= 15 is 0 Å². The molecule has 1 aromatic rings. The van der Waals surface area contributed by atoms with E-state index in [1.54, 1.807) is 20.8 Å². The van der Waals surface area contributed by atoms with Crippen molar-refractivity contribution in [2.75, 3.05) is 0 Å². The number of hydrogen-bond acceptors (Lipinski definition) is 5. The maximum absolute atomic E-state index is 12.5. The van der Waals surface area contributed by atoms with Crippen LogP contribution in [0.15, 0.2) is 30.3 Å². The van der Waals surface area contributed by atoms with Gasteiger partial charge in [-0.1, -0.05) is 50.6 Å². The second kappa shape index (κ2) is 9.94. The molecule has 1 rings (SSSR count). The molecule has 0 aliphatic heterocycles. The zero-order chi connectivity index (χ0) is 19.7. The van der Waals surface area contributed by atoms with Crippen LogP contribution in [-0.4, -0.2) is 29.5 Å². The molecule has 26 heavy (non-hydrogen) atoms. The second-order valence-corrected chi connectivity index (χ2v) is 7.30. The first kappa shape index (κ1) is 21.7. The number of hydrogen-bond donors (Lipinski definition) is 1. The quantitative estimate of drug-likeness (QED) is 0.563.